The minimum atomic E-state index is 1.72. The Balaban J connectivity index is 2.67. The molecule has 0 fully saturated rings. The third-order valence-corrected chi connectivity index (χ3v) is 0.919. The number of hydrogen-bond acceptors (Lipinski definition) is 1. The van der Waals surface area contributed by atoms with Crippen molar-refractivity contribution in [2.24, 2.45) is 0 Å². The summed E-state index contributed by atoms with van der Waals surface area (Å²) in [5, 5.41) is 0. The molecule has 0 bridgehead atoms. The Labute approximate surface area is 54.2 Å². The Morgan fingerprint density at radius 1 is 1.56 bits per heavy atom. The predicted molar refractivity (Wildman–Crippen MR) is 37.8 cm³/mol. The van der Waals surface area contributed by atoms with Gasteiger partial charge in [-0.05, 0) is 6.08 Å². The molecule has 1 aromatic rings. The van der Waals surface area contributed by atoms with Gasteiger partial charge in [0.1, 0.15) is 0 Å². The van der Waals surface area contributed by atoms with Crippen LogP contribution in [0.2, 0.25) is 0 Å². The van der Waals surface area contributed by atoms with E-state index in [0.29, 0.717) is 0 Å². The third-order valence-electron chi connectivity index (χ3n) is 0.919. The number of hydrogen-bond donors (Lipinski definition) is 0. The molecule has 0 saturated heterocycles. The molecule has 1 rings (SSSR count). The van der Waals surface area contributed by atoms with Crippen LogP contribution in [0, 0.1) is 0 Å². The molecule has 2 heteroatoms. The summed E-state index contributed by atoms with van der Waals surface area (Å²) in [6.07, 6.45) is 10.8. The van der Waals surface area contributed by atoms with Gasteiger partial charge in [0, 0.05) is 18.6 Å². The summed E-state index contributed by atoms with van der Waals surface area (Å²) in [5.74, 6) is 0. The van der Waals surface area contributed by atoms with Crippen LogP contribution in [0.1, 0.15) is 0 Å². The standard InChI is InChI=1S/C7H8N2/c1-2-3-5-9-6-4-8-7-9/h2-7H,1H2. The van der Waals surface area contributed by atoms with Crippen molar-refractivity contribution in [2.75, 3.05) is 0 Å². The molecule has 9 heavy (non-hydrogen) atoms. The van der Waals surface area contributed by atoms with E-state index in [2.05, 4.69) is 11.6 Å². The summed E-state index contributed by atoms with van der Waals surface area (Å²) in [6, 6.07) is 0. The highest BCUT2D eigenvalue weighted by Gasteiger charge is 1.75. The molecule has 0 unspecified atom stereocenters. The van der Waals surface area contributed by atoms with Gasteiger partial charge < -0.3 is 4.57 Å². The summed E-state index contributed by atoms with van der Waals surface area (Å²) in [6.45, 7) is 3.54. The van der Waals surface area contributed by atoms with Crippen molar-refractivity contribution in [3.63, 3.8) is 0 Å². The van der Waals surface area contributed by atoms with Crippen LogP contribution in [0.15, 0.2) is 37.5 Å². The van der Waals surface area contributed by atoms with Crippen molar-refractivity contribution >= 4 is 6.20 Å². The zero-order valence-electron chi connectivity index (χ0n) is 5.07. The molecule has 46 valence electrons. The Hall–Kier alpha value is -1.31. The van der Waals surface area contributed by atoms with Crippen LogP contribution < -0.4 is 0 Å². The van der Waals surface area contributed by atoms with Gasteiger partial charge in [-0.25, -0.2) is 4.98 Å². The van der Waals surface area contributed by atoms with Crippen LogP contribution in [0.4, 0.5) is 0 Å². The van der Waals surface area contributed by atoms with Crippen molar-refractivity contribution in [1.82, 2.24) is 9.55 Å². The van der Waals surface area contributed by atoms with Crippen molar-refractivity contribution in [3.8, 4) is 0 Å². The molecular formula is C7H8N2. The van der Waals surface area contributed by atoms with E-state index in [4.69, 9.17) is 0 Å². The van der Waals surface area contributed by atoms with E-state index in [-0.39, 0.29) is 0 Å². The first kappa shape index (κ1) is 5.82. The fourth-order valence-electron chi connectivity index (χ4n) is 0.518. The molecule has 1 heterocycles. The maximum Gasteiger partial charge on any atom is 0.0986 e. The van der Waals surface area contributed by atoms with Crippen molar-refractivity contribution in [3.05, 3.63) is 37.5 Å². The predicted octanol–water partition coefficient (Wildman–Crippen LogP) is 1.54. The Morgan fingerprint density at radius 2 is 2.44 bits per heavy atom. The number of nitrogens with zero attached hydrogens (tertiary/aromatic N) is 2. The van der Waals surface area contributed by atoms with Gasteiger partial charge in [-0.1, -0.05) is 12.7 Å². The molecule has 0 aromatic carbocycles. The Morgan fingerprint density at radius 3 is 3.00 bits per heavy atom. The zero-order chi connectivity index (χ0) is 6.53. The summed E-state index contributed by atoms with van der Waals surface area (Å²) in [5.41, 5.74) is 0. The van der Waals surface area contributed by atoms with E-state index in [0.717, 1.165) is 0 Å². The van der Waals surface area contributed by atoms with E-state index in [1.165, 1.54) is 0 Å². The Kier molecular flexibility index (Phi) is 1.85. The number of rotatable bonds is 2. The molecule has 0 N–H and O–H groups in total. The van der Waals surface area contributed by atoms with Crippen molar-refractivity contribution in [1.29, 1.82) is 0 Å². The second-order valence-electron chi connectivity index (χ2n) is 1.59. The van der Waals surface area contributed by atoms with Gasteiger partial charge >= 0.3 is 0 Å². The molecule has 0 aliphatic heterocycles. The van der Waals surface area contributed by atoms with E-state index in [1.807, 2.05) is 23.0 Å². The first-order chi connectivity index (χ1) is 4.43. The summed E-state index contributed by atoms with van der Waals surface area (Å²) in [7, 11) is 0. The van der Waals surface area contributed by atoms with E-state index >= 15 is 0 Å². The molecule has 0 atom stereocenters. The number of aromatic nitrogens is 2. The Bertz CT molecular complexity index is 197. The molecule has 0 saturated carbocycles. The van der Waals surface area contributed by atoms with Crippen LogP contribution in [0.25, 0.3) is 6.20 Å². The molecule has 1 aromatic heterocycles. The molecule has 2 nitrogen and oxygen atoms in total. The first-order valence-electron chi connectivity index (χ1n) is 2.70. The molecule has 0 amide bonds. The van der Waals surface area contributed by atoms with Gasteiger partial charge in [-0.3, -0.25) is 0 Å². The second kappa shape index (κ2) is 2.87. The summed E-state index contributed by atoms with van der Waals surface area (Å²) < 4.78 is 1.85. The van der Waals surface area contributed by atoms with E-state index < -0.39 is 0 Å². The first-order valence-corrected chi connectivity index (χ1v) is 2.70. The zero-order valence-corrected chi connectivity index (χ0v) is 5.07. The molecule has 0 aliphatic rings. The van der Waals surface area contributed by atoms with Gasteiger partial charge in [0.15, 0.2) is 0 Å². The maximum absolute atomic E-state index is 3.85. The number of imidazole rings is 1. The smallest absolute Gasteiger partial charge is 0.0986 e. The molecular weight excluding hydrogens is 112 g/mol. The maximum atomic E-state index is 3.85. The quantitative estimate of drug-likeness (QED) is 0.541. The SMILES string of the molecule is C=CC=Cn1ccnc1. The highest BCUT2D eigenvalue weighted by atomic mass is 15.0. The molecule has 0 aliphatic carbocycles. The van der Waals surface area contributed by atoms with Crippen LogP contribution in [-0.2, 0) is 0 Å². The van der Waals surface area contributed by atoms with Gasteiger partial charge in [0.05, 0.1) is 6.33 Å². The molecule has 0 spiro atoms. The second-order valence-corrected chi connectivity index (χ2v) is 1.59. The largest absolute Gasteiger partial charge is 0.313 e. The minimum Gasteiger partial charge on any atom is -0.313 e. The van der Waals surface area contributed by atoms with E-state index in [1.54, 1.807) is 18.6 Å². The van der Waals surface area contributed by atoms with Crippen LogP contribution >= 0.6 is 0 Å². The van der Waals surface area contributed by atoms with Crippen LogP contribution in [-0.4, -0.2) is 9.55 Å². The minimum absolute atomic E-state index is 1.72. The third kappa shape index (κ3) is 1.57. The number of allylic oxidation sites excluding steroid dienone is 2. The van der Waals surface area contributed by atoms with Gasteiger partial charge in [0.2, 0.25) is 0 Å². The van der Waals surface area contributed by atoms with Gasteiger partial charge in [-0.15, -0.1) is 0 Å². The monoisotopic (exact) mass is 120 g/mol. The lowest BCUT2D eigenvalue weighted by atomic mass is 10.6. The average Bonchev–Trinajstić information content (AvgIpc) is 2.34. The summed E-state index contributed by atoms with van der Waals surface area (Å²) >= 11 is 0. The lowest BCUT2D eigenvalue weighted by molar-refractivity contribution is 1.14. The fourth-order valence-corrected chi connectivity index (χ4v) is 0.518. The topological polar surface area (TPSA) is 17.8 Å². The molecule has 0 radical (unpaired) electrons. The highest BCUT2D eigenvalue weighted by Crippen LogP contribution is 1.85. The van der Waals surface area contributed by atoms with Crippen molar-refractivity contribution in [2.45, 2.75) is 0 Å². The van der Waals surface area contributed by atoms with Gasteiger partial charge in [0.25, 0.3) is 0 Å². The van der Waals surface area contributed by atoms with Crippen molar-refractivity contribution < 1.29 is 0 Å². The van der Waals surface area contributed by atoms with Gasteiger partial charge in [-0.2, -0.15) is 0 Å². The van der Waals surface area contributed by atoms with Crippen LogP contribution in [0.5, 0.6) is 0 Å². The highest BCUT2D eigenvalue weighted by molar-refractivity contribution is 5.25. The van der Waals surface area contributed by atoms with Crippen LogP contribution in [0.3, 0.4) is 0 Å². The fraction of sp³-hybridized carbons (Fsp3) is 0. The lowest BCUT2D eigenvalue weighted by Gasteiger charge is -1.84. The normalized spacial score (nSPS) is 10.2. The average molecular weight is 120 g/mol. The lowest BCUT2D eigenvalue weighted by Crippen LogP contribution is -1.75. The van der Waals surface area contributed by atoms with E-state index in [9.17, 15) is 0 Å². The summed E-state index contributed by atoms with van der Waals surface area (Å²) in [4.78, 5) is 3.85.